The second kappa shape index (κ2) is 4.44. The van der Waals surface area contributed by atoms with Gasteiger partial charge in [0.05, 0.1) is 12.2 Å². The van der Waals surface area contributed by atoms with Crippen LogP contribution in [0.3, 0.4) is 0 Å². The van der Waals surface area contributed by atoms with E-state index >= 15 is 0 Å². The Morgan fingerprint density at radius 1 is 1.43 bits per heavy atom. The van der Waals surface area contributed by atoms with Crippen LogP contribution in [0.2, 0.25) is 0 Å². The molecule has 1 aliphatic heterocycles. The second-order valence-electron chi connectivity index (χ2n) is 6.81. The van der Waals surface area contributed by atoms with E-state index in [2.05, 4.69) is 15.5 Å². The average Bonchev–Trinajstić information content (AvgIpc) is 3.01. The van der Waals surface area contributed by atoms with Crippen molar-refractivity contribution < 1.29 is 18.5 Å². The van der Waals surface area contributed by atoms with Crippen LogP contribution in [-0.4, -0.2) is 34.8 Å². The maximum absolute atomic E-state index is 12.5. The summed E-state index contributed by atoms with van der Waals surface area (Å²) in [6, 6.07) is 1.64. The number of aromatic nitrogens is 2. The number of hydrogen-bond acceptors (Lipinski definition) is 6. The second-order valence-corrected chi connectivity index (χ2v) is 6.81. The lowest BCUT2D eigenvalue weighted by molar-refractivity contribution is -0.109. The predicted molar refractivity (Wildman–Crippen MR) is 77.4 cm³/mol. The lowest BCUT2D eigenvalue weighted by Crippen LogP contribution is -2.50. The van der Waals surface area contributed by atoms with Crippen molar-refractivity contribution in [1.29, 1.82) is 0 Å². The first kappa shape index (κ1) is 13.3. The lowest BCUT2D eigenvalue weighted by Gasteiger charge is -2.45. The maximum Gasteiger partial charge on any atom is 0.274 e. The third kappa shape index (κ3) is 1.71. The fraction of sp³-hybridized carbons (Fsp3) is 0.562. The Morgan fingerprint density at radius 2 is 2.35 bits per heavy atom. The molecule has 5 rings (SSSR count). The Hall–Kier alpha value is -2.15. The zero-order chi connectivity index (χ0) is 15.5. The van der Waals surface area contributed by atoms with Crippen molar-refractivity contribution in [3.8, 4) is 11.5 Å². The van der Waals surface area contributed by atoms with Gasteiger partial charge in [-0.2, -0.15) is 0 Å². The zero-order valence-electron chi connectivity index (χ0n) is 12.6. The summed E-state index contributed by atoms with van der Waals surface area (Å²) in [5.74, 6) is 0.690. The van der Waals surface area contributed by atoms with Crippen LogP contribution in [0.4, 0.5) is 0 Å². The Bertz CT molecular complexity index is 749. The van der Waals surface area contributed by atoms with Gasteiger partial charge in [0.2, 0.25) is 0 Å². The SMILES string of the molecule is O=C(NC[C@]12C[C@H]1COC21CCC1)c1ncoc1-c1ccon1. The van der Waals surface area contributed by atoms with Crippen LogP contribution in [0.15, 0.2) is 27.7 Å². The molecule has 7 nitrogen and oxygen atoms in total. The van der Waals surface area contributed by atoms with Gasteiger partial charge in [-0.05, 0) is 31.6 Å². The van der Waals surface area contributed by atoms with Crippen LogP contribution in [0.5, 0.6) is 0 Å². The molecule has 1 spiro atoms. The Morgan fingerprint density at radius 3 is 3.04 bits per heavy atom. The summed E-state index contributed by atoms with van der Waals surface area (Å²) in [7, 11) is 0. The first-order valence-electron chi connectivity index (χ1n) is 8.01. The molecule has 3 heterocycles. The van der Waals surface area contributed by atoms with E-state index in [9.17, 15) is 4.79 Å². The molecule has 1 amide bonds. The fourth-order valence-corrected chi connectivity index (χ4v) is 4.32. The van der Waals surface area contributed by atoms with Crippen LogP contribution >= 0.6 is 0 Å². The van der Waals surface area contributed by atoms with Crippen LogP contribution < -0.4 is 5.32 Å². The molecular weight excluding hydrogens is 298 g/mol. The normalized spacial score (nSPS) is 30.0. The third-order valence-electron chi connectivity index (χ3n) is 5.88. The highest BCUT2D eigenvalue weighted by Crippen LogP contribution is 2.70. The van der Waals surface area contributed by atoms with Crippen molar-refractivity contribution in [3.63, 3.8) is 0 Å². The molecule has 0 bridgehead atoms. The third-order valence-corrected chi connectivity index (χ3v) is 5.88. The molecule has 2 aliphatic carbocycles. The van der Waals surface area contributed by atoms with E-state index < -0.39 is 0 Å². The molecule has 1 N–H and O–H groups in total. The van der Waals surface area contributed by atoms with Gasteiger partial charge in [-0.25, -0.2) is 4.98 Å². The highest BCUT2D eigenvalue weighted by atomic mass is 16.5. The van der Waals surface area contributed by atoms with Crippen molar-refractivity contribution >= 4 is 5.91 Å². The van der Waals surface area contributed by atoms with Gasteiger partial charge in [0.25, 0.3) is 5.91 Å². The molecule has 1 saturated heterocycles. The number of nitrogens with zero attached hydrogens (tertiary/aromatic N) is 2. The number of ether oxygens (including phenoxy) is 1. The van der Waals surface area contributed by atoms with Gasteiger partial charge in [-0.1, -0.05) is 5.16 Å². The number of hydrogen-bond donors (Lipinski definition) is 1. The highest BCUT2D eigenvalue weighted by molar-refractivity contribution is 5.97. The summed E-state index contributed by atoms with van der Waals surface area (Å²) in [5, 5.41) is 6.83. The summed E-state index contributed by atoms with van der Waals surface area (Å²) in [5.41, 5.74) is 0.867. The molecule has 3 aliphatic rings. The van der Waals surface area contributed by atoms with E-state index in [1.165, 1.54) is 19.1 Å². The monoisotopic (exact) mass is 315 g/mol. The van der Waals surface area contributed by atoms with Crippen LogP contribution in [0, 0.1) is 11.3 Å². The van der Waals surface area contributed by atoms with Crippen molar-refractivity contribution in [2.75, 3.05) is 13.2 Å². The van der Waals surface area contributed by atoms with E-state index in [0.29, 0.717) is 23.9 Å². The first-order chi connectivity index (χ1) is 11.2. The Labute approximate surface area is 132 Å². The number of amides is 1. The van der Waals surface area contributed by atoms with Gasteiger partial charge in [-0.3, -0.25) is 4.79 Å². The zero-order valence-corrected chi connectivity index (χ0v) is 12.6. The van der Waals surface area contributed by atoms with Gasteiger partial charge in [0, 0.05) is 18.0 Å². The van der Waals surface area contributed by atoms with E-state index in [-0.39, 0.29) is 22.6 Å². The van der Waals surface area contributed by atoms with Crippen molar-refractivity contribution in [3.05, 3.63) is 24.4 Å². The number of carbonyl (C=O) groups excluding carboxylic acids is 1. The minimum atomic E-state index is -0.238. The van der Waals surface area contributed by atoms with E-state index in [1.807, 2.05) is 0 Å². The van der Waals surface area contributed by atoms with Crippen molar-refractivity contribution in [1.82, 2.24) is 15.5 Å². The summed E-state index contributed by atoms with van der Waals surface area (Å²) in [6.45, 7) is 1.48. The molecule has 0 radical (unpaired) electrons. The van der Waals surface area contributed by atoms with E-state index in [0.717, 1.165) is 25.9 Å². The molecule has 2 atom stereocenters. The minimum absolute atomic E-state index is 0.0176. The summed E-state index contributed by atoms with van der Waals surface area (Å²) < 4.78 is 16.1. The summed E-state index contributed by atoms with van der Waals surface area (Å²) >= 11 is 0. The van der Waals surface area contributed by atoms with Gasteiger partial charge in [0.1, 0.15) is 6.26 Å². The van der Waals surface area contributed by atoms with E-state index in [1.54, 1.807) is 6.07 Å². The topological polar surface area (TPSA) is 90.4 Å². The molecule has 0 unspecified atom stereocenters. The van der Waals surface area contributed by atoms with Gasteiger partial charge >= 0.3 is 0 Å². The lowest BCUT2D eigenvalue weighted by atomic mass is 9.68. The maximum atomic E-state index is 12.5. The number of fused-ring (bicyclic) bond motifs is 2. The molecule has 2 aromatic heterocycles. The first-order valence-corrected chi connectivity index (χ1v) is 8.01. The van der Waals surface area contributed by atoms with E-state index in [4.69, 9.17) is 13.7 Å². The molecular formula is C16H17N3O4. The molecule has 7 heteroatoms. The largest absolute Gasteiger partial charge is 0.441 e. The molecule has 23 heavy (non-hydrogen) atoms. The number of rotatable bonds is 4. The van der Waals surface area contributed by atoms with Crippen LogP contribution in [0.1, 0.15) is 36.2 Å². The Balaban J connectivity index is 1.33. The summed E-state index contributed by atoms with van der Waals surface area (Å²) in [6.07, 6.45) is 7.30. The molecule has 0 aromatic carbocycles. The van der Waals surface area contributed by atoms with Crippen LogP contribution in [-0.2, 0) is 4.74 Å². The average molecular weight is 315 g/mol. The smallest absolute Gasteiger partial charge is 0.274 e. The number of carbonyl (C=O) groups is 1. The highest BCUT2D eigenvalue weighted by Gasteiger charge is 2.73. The molecule has 2 saturated carbocycles. The summed E-state index contributed by atoms with van der Waals surface area (Å²) in [4.78, 5) is 16.6. The van der Waals surface area contributed by atoms with Crippen molar-refractivity contribution in [2.45, 2.75) is 31.3 Å². The van der Waals surface area contributed by atoms with Crippen LogP contribution in [0.25, 0.3) is 11.5 Å². The number of oxazole rings is 1. The van der Waals surface area contributed by atoms with Gasteiger partial charge in [-0.15, -0.1) is 0 Å². The molecule has 120 valence electrons. The molecule has 3 fully saturated rings. The van der Waals surface area contributed by atoms with Gasteiger partial charge in [0.15, 0.2) is 23.5 Å². The predicted octanol–water partition coefficient (Wildman–Crippen LogP) is 2.02. The Kier molecular flexibility index (Phi) is 2.57. The fourth-order valence-electron chi connectivity index (χ4n) is 4.32. The standard InChI is InChI=1S/C16H17N3O4/c20-14(12-13(21-9-18-12)11-2-5-23-19-11)17-8-15-6-10(15)7-22-16(15)3-1-4-16/h2,5,9-10H,1,3-4,6-8H2,(H,17,20)/t10-,15+/m0/s1. The molecule has 2 aromatic rings. The minimum Gasteiger partial charge on any atom is -0.441 e. The van der Waals surface area contributed by atoms with Gasteiger partial charge < -0.3 is 19.0 Å². The quantitative estimate of drug-likeness (QED) is 0.928. The van der Waals surface area contributed by atoms with Crippen molar-refractivity contribution in [2.24, 2.45) is 11.3 Å². The number of nitrogens with one attached hydrogen (secondary N) is 1.